The zero-order valence-electron chi connectivity index (χ0n) is 13.0. The highest BCUT2D eigenvalue weighted by atomic mass is 16.3. The Hall–Kier alpha value is -3.75. The molecule has 2 N–H and O–H groups in total. The van der Waals surface area contributed by atoms with Gasteiger partial charge in [0.2, 0.25) is 0 Å². The monoisotopic (exact) mass is 335 g/mol. The fraction of sp³-hybridized carbons (Fsp3) is 0.0625. The second-order valence-corrected chi connectivity index (χ2v) is 5.19. The number of nitrogens with one attached hydrogen (secondary N) is 2. The van der Waals surface area contributed by atoms with E-state index in [1.807, 2.05) is 12.1 Å². The SMILES string of the molecule is O=C(NCc1cn(-c2cccnc2)nn1)c1cc(-c2ccco2)[nH]n1. The van der Waals surface area contributed by atoms with Crippen LogP contribution < -0.4 is 5.32 Å². The fourth-order valence-electron chi connectivity index (χ4n) is 2.25. The lowest BCUT2D eigenvalue weighted by Crippen LogP contribution is -2.23. The molecule has 0 atom stereocenters. The van der Waals surface area contributed by atoms with E-state index in [1.165, 1.54) is 0 Å². The molecule has 4 rings (SSSR count). The molecule has 0 spiro atoms. The zero-order valence-corrected chi connectivity index (χ0v) is 13.0. The summed E-state index contributed by atoms with van der Waals surface area (Å²) >= 11 is 0. The molecule has 0 aliphatic rings. The van der Waals surface area contributed by atoms with Crippen molar-refractivity contribution in [3.8, 4) is 17.1 Å². The minimum absolute atomic E-state index is 0.238. The normalized spacial score (nSPS) is 10.7. The van der Waals surface area contributed by atoms with E-state index in [9.17, 15) is 4.79 Å². The first-order valence-corrected chi connectivity index (χ1v) is 7.49. The Morgan fingerprint density at radius 3 is 3.08 bits per heavy atom. The highest BCUT2D eigenvalue weighted by molar-refractivity contribution is 5.93. The van der Waals surface area contributed by atoms with Gasteiger partial charge in [-0.3, -0.25) is 14.9 Å². The van der Waals surface area contributed by atoms with E-state index in [0.29, 0.717) is 17.1 Å². The fourth-order valence-corrected chi connectivity index (χ4v) is 2.25. The van der Waals surface area contributed by atoms with E-state index in [-0.39, 0.29) is 18.1 Å². The number of H-pyrrole nitrogens is 1. The van der Waals surface area contributed by atoms with Crippen molar-refractivity contribution in [1.29, 1.82) is 0 Å². The molecule has 25 heavy (non-hydrogen) atoms. The molecule has 1 amide bonds. The summed E-state index contributed by atoms with van der Waals surface area (Å²) in [6.07, 6.45) is 6.65. The predicted molar refractivity (Wildman–Crippen MR) is 86.6 cm³/mol. The molecular weight excluding hydrogens is 322 g/mol. The number of aromatic amines is 1. The second kappa shape index (κ2) is 6.40. The Bertz CT molecular complexity index is 973. The number of hydrogen-bond acceptors (Lipinski definition) is 6. The Balaban J connectivity index is 1.40. The van der Waals surface area contributed by atoms with Crippen LogP contribution >= 0.6 is 0 Å². The molecule has 0 unspecified atom stereocenters. The predicted octanol–water partition coefficient (Wildman–Crippen LogP) is 1.58. The maximum atomic E-state index is 12.2. The maximum Gasteiger partial charge on any atom is 0.272 e. The summed E-state index contributed by atoms with van der Waals surface area (Å²) < 4.78 is 6.85. The minimum Gasteiger partial charge on any atom is -0.463 e. The summed E-state index contributed by atoms with van der Waals surface area (Å²) in [5, 5.41) is 17.6. The number of furan rings is 1. The van der Waals surface area contributed by atoms with Crippen LogP contribution in [-0.2, 0) is 6.54 Å². The van der Waals surface area contributed by atoms with Gasteiger partial charge in [0.1, 0.15) is 11.4 Å². The van der Waals surface area contributed by atoms with Crippen molar-refractivity contribution < 1.29 is 9.21 Å². The number of nitrogens with zero attached hydrogens (tertiary/aromatic N) is 5. The van der Waals surface area contributed by atoms with Gasteiger partial charge in [0.25, 0.3) is 5.91 Å². The molecule has 124 valence electrons. The Morgan fingerprint density at radius 1 is 1.32 bits per heavy atom. The molecular formula is C16H13N7O2. The van der Waals surface area contributed by atoms with Crippen molar-refractivity contribution >= 4 is 5.91 Å². The van der Waals surface area contributed by atoms with Crippen LogP contribution in [0.4, 0.5) is 0 Å². The van der Waals surface area contributed by atoms with Crippen molar-refractivity contribution in [2.45, 2.75) is 6.54 Å². The summed E-state index contributed by atoms with van der Waals surface area (Å²) in [6, 6.07) is 8.85. The van der Waals surface area contributed by atoms with Gasteiger partial charge < -0.3 is 9.73 Å². The number of hydrogen-bond donors (Lipinski definition) is 2. The van der Waals surface area contributed by atoms with Gasteiger partial charge >= 0.3 is 0 Å². The molecule has 0 aliphatic carbocycles. The van der Waals surface area contributed by atoms with Gasteiger partial charge in [-0.2, -0.15) is 5.10 Å². The van der Waals surface area contributed by atoms with E-state index in [1.54, 1.807) is 47.7 Å². The van der Waals surface area contributed by atoms with Crippen molar-refractivity contribution in [3.05, 3.63) is 66.6 Å². The molecule has 0 aromatic carbocycles. The van der Waals surface area contributed by atoms with Gasteiger partial charge in [0, 0.05) is 12.3 Å². The molecule has 0 saturated carbocycles. The summed E-state index contributed by atoms with van der Waals surface area (Å²) in [6.45, 7) is 0.238. The summed E-state index contributed by atoms with van der Waals surface area (Å²) in [7, 11) is 0. The van der Waals surface area contributed by atoms with Gasteiger partial charge in [-0.05, 0) is 24.3 Å². The molecule has 4 heterocycles. The van der Waals surface area contributed by atoms with Crippen molar-refractivity contribution in [2.24, 2.45) is 0 Å². The molecule has 4 aromatic rings. The van der Waals surface area contributed by atoms with E-state index >= 15 is 0 Å². The molecule has 0 aliphatic heterocycles. The lowest BCUT2D eigenvalue weighted by Gasteiger charge is -1.99. The Kier molecular flexibility index (Phi) is 3.79. The van der Waals surface area contributed by atoms with Crippen LogP contribution in [0.5, 0.6) is 0 Å². The van der Waals surface area contributed by atoms with Crippen LogP contribution in [0.25, 0.3) is 17.1 Å². The summed E-state index contributed by atoms with van der Waals surface area (Å²) in [5.74, 6) is 0.302. The van der Waals surface area contributed by atoms with Gasteiger partial charge in [-0.25, -0.2) is 4.68 Å². The highest BCUT2D eigenvalue weighted by Crippen LogP contribution is 2.17. The zero-order chi connectivity index (χ0) is 17.1. The highest BCUT2D eigenvalue weighted by Gasteiger charge is 2.13. The average molecular weight is 335 g/mol. The number of aromatic nitrogens is 6. The van der Waals surface area contributed by atoms with E-state index in [0.717, 1.165) is 5.69 Å². The first kappa shape index (κ1) is 14.8. The molecule has 0 bridgehead atoms. The minimum atomic E-state index is -0.315. The summed E-state index contributed by atoms with van der Waals surface area (Å²) in [4.78, 5) is 16.2. The van der Waals surface area contributed by atoms with E-state index in [4.69, 9.17) is 4.42 Å². The summed E-state index contributed by atoms with van der Waals surface area (Å²) in [5.41, 5.74) is 2.32. The molecule has 9 nitrogen and oxygen atoms in total. The Labute approximate surface area is 141 Å². The lowest BCUT2D eigenvalue weighted by atomic mass is 10.3. The van der Waals surface area contributed by atoms with Crippen LogP contribution in [0, 0.1) is 0 Å². The largest absolute Gasteiger partial charge is 0.463 e. The first-order chi connectivity index (χ1) is 12.3. The van der Waals surface area contributed by atoms with Gasteiger partial charge in [0.05, 0.1) is 30.9 Å². The maximum absolute atomic E-state index is 12.2. The second-order valence-electron chi connectivity index (χ2n) is 5.19. The topological polar surface area (TPSA) is 115 Å². The number of pyridine rings is 1. The lowest BCUT2D eigenvalue weighted by molar-refractivity contribution is 0.0945. The van der Waals surface area contributed by atoms with Crippen molar-refractivity contribution in [2.75, 3.05) is 0 Å². The van der Waals surface area contributed by atoms with Gasteiger partial charge in [0.15, 0.2) is 11.5 Å². The van der Waals surface area contributed by atoms with Crippen LogP contribution in [0.3, 0.4) is 0 Å². The van der Waals surface area contributed by atoms with Crippen molar-refractivity contribution in [3.63, 3.8) is 0 Å². The van der Waals surface area contributed by atoms with E-state index in [2.05, 4.69) is 30.8 Å². The van der Waals surface area contributed by atoms with E-state index < -0.39 is 0 Å². The number of carbonyl (C=O) groups excluding carboxylic acids is 1. The Morgan fingerprint density at radius 2 is 2.28 bits per heavy atom. The number of carbonyl (C=O) groups is 1. The molecule has 0 saturated heterocycles. The van der Waals surface area contributed by atoms with Crippen LogP contribution in [-0.4, -0.2) is 36.1 Å². The molecule has 9 heteroatoms. The smallest absolute Gasteiger partial charge is 0.272 e. The van der Waals surface area contributed by atoms with Crippen LogP contribution in [0.15, 0.2) is 59.6 Å². The van der Waals surface area contributed by atoms with Crippen LogP contribution in [0.2, 0.25) is 0 Å². The average Bonchev–Trinajstić information content (AvgIpc) is 3.41. The third kappa shape index (κ3) is 3.15. The van der Waals surface area contributed by atoms with Gasteiger partial charge in [-0.15, -0.1) is 5.10 Å². The standard InChI is InChI=1S/C16H13N7O2/c24-16(14-7-13(20-21-14)15-4-2-6-25-15)18-8-11-10-23(22-19-11)12-3-1-5-17-9-12/h1-7,9-10H,8H2,(H,18,24)(H,20,21). The molecule has 0 radical (unpaired) electrons. The van der Waals surface area contributed by atoms with Gasteiger partial charge in [-0.1, -0.05) is 5.21 Å². The third-order valence-corrected chi connectivity index (χ3v) is 3.48. The number of amides is 1. The number of rotatable bonds is 5. The third-order valence-electron chi connectivity index (χ3n) is 3.48. The van der Waals surface area contributed by atoms with Crippen molar-refractivity contribution in [1.82, 2.24) is 35.5 Å². The first-order valence-electron chi connectivity index (χ1n) is 7.49. The molecule has 4 aromatic heterocycles. The van der Waals surface area contributed by atoms with Crippen LogP contribution in [0.1, 0.15) is 16.2 Å². The quantitative estimate of drug-likeness (QED) is 0.572. The molecule has 0 fully saturated rings.